The van der Waals surface area contributed by atoms with Crippen molar-refractivity contribution in [1.82, 2.24) is 5.32 Å². The van der Waals surface area contributed by atoms with Crippen LogP contribution in [0.25, 0.3) is 0 Å². The van der Waals surface area contributed by atoms with Gasteiger partial charge in [-0.2, -0.15) is 0 Å². The topological polar surface area (TPSA) is 79.8 Å². The SMILES string of the molecule is CC(C)(C)OC(=O)NC1N=C(Cl)c2ccccc2NC1=O. The van der Waals surface area contributed by atoms with Crippen LogP contribution in [0.3, 0.4) is 0 Å². The van der Waals surface area contributed by atoms with Gasteiger partial charge in [-0.25, -0.2) is 9.79 Å². The van der Waals surface area contributed by atoms with Gasteiger partial charge in [0.15, 0.2) is 0 Å². The summed E-state index contributed by atoms with van der Waals surface area (Å²) < 4.78 is 5.10. The van der Waals surface area contributed by atoms with Crippen LogP contribution in [0.15, 0.2) is 29.3 Å². The zero-order chi connectivity index (χ0) is 15.6. The lowest BCUT2D eigenvalue weighted by Crippen LogP contribution is -2.44. The van der Waals surface area contributed by atoms with E-state index in [0.29, 0.717) is 11.3 Å². The number of aliphatic imine (C=N–C) groups is 1. The summed E-state index contributed by atoms with van der Waals surface area (Å²) in [4.78, 5) is 27.8. The van der Waals surface area contributed by atoms with Gasteiger partial charge in [-0.05, 0) is 32.9 Å². The third-order valence-electron chi connectivity index (χ3n) is 2.55. The van der Waals surface area contributed by atoms with Crippen LogP contribution in [0.1, 0.15) is 26.3 Å². The minimum Gasteiger partial charge on any atom is -0.444 e. The molecule has 0 fully saturated rings. The van der Waals surface area contributed by atoms with Gasteiger partial charge >= 0.3 is 6.09 Å². The molecule has 0 saturated heterocycles. The lowest BCUT2D eigenvalue weighted by atomic mass is 10.2. The zero-order valence-electron chi connectivity index (χ0n) is 11.9. The second kappa shape index (κ2) is 5.73. The van der Waals surface area contributed by atoms with E-state index in [2.05, 4.69) is 15.6 Å². The van der Waals surface area contributed by atoms with Crippen molar-refractivity contribution in [2.24, 2.45) is 4.99 Å². The summed E-state index contributed by atoms with van der Waals surface area (Å²) in [5, 5.41) is 5.19. The van der Waals surface area contributed by atoms with Gasteiger partial charge in [0, 0.05) is 5.56 Å². The predicted octanol–water partition coefficient (Wildman–Crippen LogP) is 2.47. The number of hydrogen-bond donors (Lipinski definition) is 2. The molecule has 1 aromatic rings. The number of halogens is 1. The fourth-order valence-electron chi connectivity index (χ4n) is 1.73. The number of benzene rings is 1. The number of nitrogens with zero attached hydrogens (tertiary/aromatic N) is 1. The van der Waals surface area contributed by atoms with E-state index in [0.717, 1.165) is 0 Å². The molecule has 2 amide bonds. The number of carbonyl (C=O) groups excluding carboxylic acids is 2. The molecule has 0 saturated carbocycles. The number of amides is 2. The smallest absolute Gasteiger partial charge is 0.409 e. The molecule has 0 aromatic heterocycles. The van der Waals surface area contributed by atoms with Crippen molar-refractivity contribution in [2.75, 3.05) is 5.32 Å². The van der Waals surface area contributed by atoms with Gasteiger partial charge in [0.1, 0.15) is 10.8 Å². The van der Waals surface area contributed by atoms with Crippen LogP contribution >= 0.6 is 11.6 Å². The summed E-state index contributed by atoms with van der Waals surface area (Å²) in [6.07, 6.45) is -1.87. The third kappa shape index (κ3) is 3.95. The van der Waals surface area contributed by atoms with Gasteiger partial charge < -0.3 is 10.1 Å². The Morgan fingerprint density at radius 2 is 2.05 bits per heavy atom. The number of fused-ring (bicyclic) bond motifs is 1. The number of para-hydroxylation sites is 1. The molecule has 0 aliphatic carbocycles. The molecular weight excluding hydrogens is 294 g/mol. The standard InChI is InChI=1S/C14H16ClN3O3/c1-14(2,3)21-13(20)18-11-12(19)16-9-7-5-4-6-8(9)10(15)17-11/h4-7,11H,1-3H3,(H,16,19)(H,18,20). The molecule has 1 aromatic carbocycles. The monoisotopic (exact) mass is 309 g/mol. The molecule has 112 valence electrons. The Labute approximate surface area is 127 Å². The van der Waals surface area contributed by atoms with E-state index in [1.807, 2.05) is 0 Å². The molecule has 1 aliphatic heterocycles. The number of hydrogen-bond acceptors (Lipinski definition) is 4. The second-order valence-electron chi connectivity index (χ2n) is 5.50. The molecule has 21 heavy (non-hydrogen) atoms. The van der Waals surface area contributed by atoms with Crippen LogP contribution in [0, 0.1) is 0 Å². The van der Waals surface area contributed by atoms with E-state index in [-0.39, 0.29) is 5.17 Å². The number of ether oxygens (including phenoxy) is 1. The van der Waals surface area contributed by atoms with Crippen LogP contribution in [-0.2, 0) is 9.53 Å². The van der Waals surface area contributed by atoms with Gasteiger partial charge in [-0.3, -0.25) is 10.1 Å². The van der Waals surface area contributed by atoms with Crippen molar-refractivity contribution in [1.29, 1.82) is 0 Å². The summed E-state index contributed by atoms with van der Waals surface area (Å²) in [5.74, 6) is -0.482. The predicted molar refractivity (Wildman–Crippen MR) is 80.6 cm³/mol. The quantitative estimate of drug-likeness (QED) is 0.836. The highest BCUT2D eigenvalue weighted by Crippen LogP contribution is 2.21. The number of nitrogens with one attached hydrogen (secondary N) is 2. The van der Waals surface area contributed by atoms with Gasteiger partial charge in [0.25, 0.3) is 5.91 Å². The molecule has 1 atom stereocenters. The van der Waals surface area contributed by atoms with E-state index in [1.54, 1.807) is 45.0 Å². The minimum atomic E-state index is -1.14. The highest BCUT2D eigenvalue weighted by Gasteiger charge is 2.27. The normalized spacial score (nSPS) is 18.0. The molecular formula is C14H16ClN3O3. The van der Waals surface area contributed by atoms with Crippen LogP contribution in [0.4, 0.5) is 10.5 Å². The Morgan fingerprint density at radius 1 is 1.38 bits per heavy atom. The molecule has 2 N–H and O–H groups in total. The molecule has 1 aliphatic rings. The van der Waals surface area contributed by atoms with Crippen LogP contribution in [-0.4, -0.2) is 28.9 Å². The molecule has 0 bridgehead atoms. The van der Waals surface area contributed by atoms with Gasteiger partial charge in [-0.1, -0.05) is 23.7 Å². The molecule has 2 rings (SSSR count). The number of rotatable bonds is 1. The minimum absolute atomic E-state index is 0.144. The number of benzodiazepines with no additional fused rings is 1. The van der Waals surface area contributed by atoms with Crippen molar-refractivity contribution in [2.45, 2.75) is 32.5 Å². The fraction of sp³-hybridized carbons (Fsp3) is 0.357. The lowest BCUT2D eigenvalue weighted by Gasteiger charge is -2.21. The van der Waals surface area contributed by atoms with Crippen molar-refractivity contribution in [3.63, 3.8) is 0 Å². The van der Waals surface area contributed by atoms with E-state index in [1.165, 1.54) is 0 Å². The molecule has 6 nitrogen and oxygen atoms in total. The lowest BCUT2D eigenvalue weighted by molar-refractivity contribution is -0.118. The first-order valence-corrected chi connectivity index (χ1v) is 6.77. The first-order chi connectivity index (χ1) is 9.76. The summed E-state index contributed by atoms with van der Waals surface area (Å²) in [6.45, 7) is 5.18. The van der Waals surface area contributed by atoms with Crippen molar-refractivity contribution >= 4 is 34.5 Å². The fourth-order valence-corrected chi connectivity index (χ4v) is 1.99. The average molecular weight is 310 g/mol. The first-order valence-electron chi connectivity index (χ1n) is 6.39. The van der Waals surface area contributed by atoms with Gasteiger partial charge in [0.05, 0.1) is 5.69 Å². The van der Waals surface area contributed by atoms with Crippen molar-refractivity contribution < 1.29 is 14.3 Å². The molecule has 0 radical (unpaired) electrons. The first kappa shape index (κ1) is 15.3. The zero-order valence-corrected chi connectivity index (χ0v) is 12.7. The van der Waals surface area contributed by atoms with Crippen molar-refractivity contribution in [3.8, 4) is 0 Å². The Balaban J connectivity index is 2.18. The average Bonchev–Trinajstić information content (AvgIpc) is 2.46. The second-order valence-corrected chi connectivity index (χ2v) is 5.86. The summed E-state index contributed by atoms with van der Waals surface area (Å²) in [5.41, 5.74) is 0.479. The van der Waals surface area contributed by atoms with E-state index >= 15 is 0 Å². The van der Waals surface area contributed by atoms with Crippen LogP contribution in [0.2, 0.25) is 0 Å². The Kier molecular flexibility index (Phi) is 4.18. The summed E-state index contributed by atoms with van der Waals surface area (Å²) in [6, 6.07) is 6.99. The maximum Gasteiger partial charge on any atom is 0.409 e. The molecule has 7 heteroatoms. The maximum absolute atomic E-state index is 12.1. The Hall–Kier alpha value is -2.08. The number of alkyl carbamates (subject to hydrolysis) is 1. The highest BCUT2D eigenvalue weighted by molar-refractivity contribution is 6.70. The van der Waals surface area contributed by atoms with E-state index in [9.17, 15) is 9.59 Å². The van der Waals surface area contributed by atoms with E-state index < -0.39 is 23.8 Å². The number of anilines is 1. The highest BCUT2D eigenvalue weighted by atomic mass is 35.5. The van der Waals surface area contributed by atoms with Crippen LogP contribution in [0.5, 0.6) is 0 Å². The molecule has 0 spiro atoms. The Morgan fingerprint density at radius 3 is 2.71 bits per heavy atom. The Bertz CT molecular complexity index is 608. The molecule has 1 heterocycles. The maximum atomic E-state index is 12.1. The summed E-state index contributed by atoms with van der Waals surface area (Å²) >= 11 is 6.09. The largest absolute Gasteiger partial charge is 0.444 e. The van der Waals surface area contributed by atoms with Gasteiger partial charge in [-0.15, -0.1) is 0 Å². The molecule has 1 unspecified atom stereocenters. The van der Waals surface area contributed by atoms with Gasteiger partial charge in [0.2, 0.25) is 6.17 Å². The third-order valence-corrected chi connectivity index (χ3v) is 2.85. The van der Waals surface area contributed by atoms with Crippen molar-refractivity contribution in [3.05, 3.63) is 29.8 Å². The van der Waals surface area contributed by atoms with Crippen LogP contribution < -0.4 is 10.6 Å². The summed E-state index contributed by atoms with van der Waals surface area (Å²) in [7, 11) is 0. The van der Waals surface area contributed by atoms with E-state index in [4.69, 9.17) is 16.3 Å². The number of carbonyl (C=O) groups is 2.